The van der Waals surface area contributed by atoms with Gasteiger partial charge in [-0.3, -0.25) is 14.6 Å². The second kappa shape index (κ2) is 10.0. The van der Waals surface area contributed by atoms with E-state index in [1.165, 1.54) is 7.05 Å². The van der Waals surface area contributed by atoms with E-state index < -0.39 is 10.0 Å². The standard InChI is InChI=1S/C25H27N7O2S/c1-26-35(33,34)13-12-31-17-21-23(18-31)28-24(14-19-6-3-2-4-7-19)29-25(21)22-9-11-32(30-22)16-20-8-5-10-27-15-20/h2-11,15,26H,12-14,16-18H2,1H3. The summed E-state index contributed by atoms with van der Waals surface area (Å²) in [4.78, 5) is 16.1. The van der Waals surface area contributed by atoms with Gasteiger partial charge in [0.2, 0.25) is 10.0 Å². The lowest BCUT2D eigenvalue weighted by atomic mass is 10.1. The number of benzene rings is 1. The SMILES string of the molecule is CNS(=O)(=O)CCN1Cc2nc(Cc3ccccc3)nc(-c3ccn(Cc4cccnc4)n3)c2C1. The number of fused-ring (bicyclic) bond motifs is 1. The van der Waals surface area contributed by atoms with Gasteiger partial charge in [-0.1, -0.05) is 36.4 Å². The van der Waals surface area contributed by atoms with E-state index >= 15 is 0 Å². The molecule has 5 rings (SSSR count). The van der Waals surface area contributed by atoms with Gasteiger partial charge in [-0.2, -0.15) is 5.10 Å². The maximum atomic E-state index is 11.9. The third kappa shape index (κ3) is 5.61. The van der Waals surface area contributed by atoms with Gasteiger partial charge >= 0.3 is 0 Å². The first-order valence-corrected chi connectivity index (χ1v) is 13.1. The molecule has 9 nitrogen and oxygen atoms in total. The zero-order chi connectivity index (χ0) is 24.3. The number of rotatable bonds is 9. The monoisotopic (exact) mass is 489 g/mol. The van der Waals surface area contributed by atoms with E-state index in [9.17, 15) is 8.42 Å². The lowest BCUT2D eigenvalue weighted by Gasteiger charge is -2.13. The normalized spacial score (nSPS) is 13.7. The minimum absolute atomic E-state index is 0.0386. The van der Waals surface area contributed by atoms with Gasteiger partial charge in [0.15, 0.2) is 0 Å². The van der Waals surface area contributed by atoms with Crippen LogP contribution in [0.1, 0.15) is 28.2 Å². The molecule has 1 N–H and O–H groups in total. The molecule has 1 aliphatic heterocycles. The Balaban J connectivity index is 1.45. The Hall–Kier alpha value is -3.47. The summed E-state index contributed by atoms with van der Waals surface area (Å²) in [6.07, 6.45) is 6.15. The highest BCUT2D eigenvalue weighted by atomic mass is 32.2. The summed E-state index contributed by atoms with van der Waals surface area (Å²) >= 11 is 0. The minimum atomic E-state index is -3.28. The van der Waals surface area contributed by atoms with Crippen molar-refractivity contribution in [3.05, 3.63) is 95.3 Å². The summed E-state index contributed by atoms with van der Waals surface area (Å²) in [7, 11) is -1.84. The first-order valence-electron chi connectivity index (χ1n) is 11.5. The number of aromatic nitrogens is 5. The number of nitrogens with one attached hydrogen (secondary N) is 1. The fraction of sp³-hybridized carbons (Fsp3) is 0.280. The van der Waals surface area contributed by atoms with E-state index in [2.05, 4.69) is 26.7 Å². The van der Waals surface area contributed by atoms with Gasteiger partial charge in [0.05, 0.1) is 23.7 Å². The molecule has 0 radical (unpaired) electrons. The Kier molecular flexibility index (Phi) is 6.67. The first-order chi connectivity index (χ1) is 17.0. The summed E-state index contributed by atoms with van der Waals surface area (Å²) in [5.41, 5.74) is 5.74. The predicted octanol–water partition coefficient (Wildman–Crippen LogP) is 2.24. The van der Waals surface area contributed by atoms with Gasteiger partial charge in [0.1, 0.15) is 11.5 Å². The molecule has 3 aromatic heterocycles. The van der Waals surface area contributed by atoms with E-state index in [1.807, 2.05) is 53.5 Å². The number of pyridine rings is 1. The average molecular weight is 490 g/mol. The van der Waals surface area contributed by atoms with Crippen molar-refractivity contribution in [2.75, 3.05) is 19.3 Å². The largest absolute Gasteiger partial charge is 0.292 e. The second-order valence-corrected chi connectivity index (χ2v) is 10.6. The summed E-state index contributed by atoms with van der Waals surface area (Å²) in [6, 6.07) is 16.0. The van der Waals surface area contributed by atoms with Crippen molar-refractivity contribution in [1.82, 2.24) is 34.4 Å². The van der Waals surface area contributed by atoms with Crippen LogP contribution in [0, 0.1) is 0 Å². The molecule has 1 aliphatic rings. The van der Waals surface area contributed by atoms with Crippen LogP contribution in [0.15, 0.2) is 67.1 Å². The minimum Gasteiger partial charge on any atom is -0.292 e. The lowest BCUT2D eigenvalue weighted by Crippen LogP contribution is -2.30. The van der Waals surface area contributed by atoms with Crippen molar-refractivity contribution >= 4 is 10.0 Å². The van der Waals surface area contributed by atoms with Crippen LogP contribution in [0.2, 0.25) is 0 Å². The first kappa shape index (κ1) is 23.3. The highest BCUT2D eigenvalue weighted by Crippen LogP contribution is 2.30. The molecule has 0 spiro atoms. The number of nitrogens with zero attached hydrogens (tertiary/aromatic N) is 6. The van der Waals surface area contributed by atoms with Gasteiger partial charge in [-0.15, -0.1) is 0 Å². The van der Waals surface area contributed by atoms with Crippen molar-refractivity contribution in [3.8, 4) is 11.4 Å². The molecule has 4 heterocycles. The van der Waals surface area contributed by atoms with Crippen LogP contribution in [0.25, 0.3) is 11.4 Å². The van der Waals surface area contributed by atoms with Gasteiger partial charge in [0.25, 0.3) is 0 Å². The molecule has 180 valence electrons. The lowest BCUT2D eigenvalue weighted by molar-refractivity contribution is 0.299. The third-order valence-electron chi connectivity index (χ3n) is 6.04. The maximum Gasteiger partial charge on any atom is 0.212 e. The van der Waals surface area contributed by atoms with Gasteiger partial charge in [-0.25, -0.2) is 23.1 Å². The predicted molar refractivity (Wildman–Crippen MR) is 133 cm³/mol. The highest BCUT2D eigenvalue weighted by Gasteiger charge is 2.27. The van der Waals surface area contributed by atoms with E-state index in [1.54, 1.807) is 6.20 Å². The molecule has 1 aromatic carbocycles. The Morgan fingerprint density at radius 1 is 1.00 bits per heavy atom. The Bertz CT molecular complexity index is 1410. The quantitative estimate of drug-likeness (QED) is 0.384. The Morgan fingerprint density at radius 3 is 2.60 bits per heavy atom. The maximum absolute atomic E-state index is 11.9. The molecule has 0 saturated carbocycles. The number of hydrogen-bond acceptors (Lipinski definition) is 7. The van der Waals surface area contributed by atoms with Crippen molar-refractivity contribution in [1.29, 1.82) is 0 Å². The average Bonchev–Trinajstić information content (AvgIpc) is 3.50. The van der Waals surface area contributed by atoms with Crippen LogP contribution in [-0.2, 0) is 36.1 Å². The Labute approximate surface area is 204 Å². The molecule has 0 fully saturated rings. The summed E-state index contributed by atoms with van der Waals surface area (Å²) in [5.74, 6) is 0.771. The molecule has 35 heavy (non-hydrogen) atoms. The number of sulfonamides is 1. The Morgan fingerprint density at radius 2 is 1.83 bits per heavy atom. The molecule has 4 aromatic rings. The molecule has 0 amide bonds. The molecule has 0 bridgehead atoms. The van der Waals surface area contributed by atoms with Gasteiger partial charge in [-0.05, 0) is 30.3 Å². The van der Waals surface area contributed by atoms with Crippen LogP contribution in [0.5, 0.6) is 0 Å². The van der Waals surface area contributed by atoms with E-state index in [-0.39, 0.29) is 5.75 Å². The molecule has 0 atom stereocenters. The van der Waals surface area contributed by atoms with Crippen molar-refractivity contribution in [2.24, 2.45) is 0 Å². The van der Waals surface area contributed by atoms with Crippen molar-refractivity contribution < 1.29 is 8.42 Å². The molecule has 0 unspecified atom stereocenters. The van der Waals surface area contributed by atoms with Crippen LogP contribution >= 0.6 is 0 Å². The highest BCUT2D eigenvalue weighted by molar-refractivity contribution is 7.89. The zero-order valence-electron chi connectivity index (χ0n) is 19.5. The van der Waals surface area contributed by atoms with Crippen molar-refractivity contribution in [3.63, 3.8) is 0 Å². The van der Waals surface area contributed by atoms with E-state index in [0.717, 1.165) is 39.6 Å². The van der Waals surface area contributed by atoms with Crippen LogP contribution in [0.3, 0.4) is 0 Å². The van der Waals surface area contributed by atoms with E-state index in [0.29, 0.717) is 32.6 Å². The molecular formula is C25H27N7O2S. The molecule has 0 saturated heterocycles. The second-order valence-electron chi connectivity index (χ2n) is 8.57. The summed E-state index contributed by atoms with van der Waals surface area (Å²) in [5, 5.41) is 4.80. The van der Waals surface area contributed by atoms with Crippen LogP contribution < -0.4 is 4.72 Å². The summed E-state index contributed by atoms with van der Waals surface area (Å²) in [6.45, 7) is 2.21. The smallest absolute Gasteiger partial charge is 0.212 e. The number of hydrogen-bond donors (Lipinski definition) is 1. The fourth-order valence-corrected chi connectivity index (χ4v) is 4.91. The van der Waals surface area contributed by atoms with Crippen LogP contribution in [0.4, 0.5) is 0 Å². The molecule has 0 aliphatic carbocycles. The van der Waals surface area contributed by atoms with Crippen LogP contribution in [-0.4, -0.2) is 57.4 Å². The van der Waals surface area contributed by atoms with E-state index in [4.69, 9.17) is 15.1 Å². The zero-order valence-corrected chi connectivity index (χ0v) is 20.3. The van der Waals surface area contributed by atoms with Crippen molar-refractivity contribution in [2.45, 2.75) is 26.1 Å². The third-order valence-corrected chi connectivity index (χ3v) is 7.38. The fourth-order valence-electron chi connectivity index (χ4n) is 4.20. The molecular weight excluding hydrogens is 462 g/mol. The summed E-state index contributed by atoms with van der Waals surface area (Å²) < 4.78 is 28.2. The van der Waals surface area contributed by atoms with Gasteiger partial charge in [0, 0.05) is 50.2 Å². The van der Waals surface area contributed by atoms with Gasteiger partial charge < -0.3 is 0 Å². The topological polar surface area (TPSA) is 106 Å². The molecule has 10 heteroatoms.